The van der Waals surface area contributed by atoms with Gasteiger partial charge in [-0.25, -0.2) is 4.79 Å². The lowest BCUT2D eigenvalue weighted by molar-refractivity contribution is -0.142. The first-order valence-electron chi connectivity index (χ1n) is 7.54. The normalized spacial score (nSPS) is 12.6. The van der Waals surface area contributed by atoms with Crippen molar-refractivity contribution in [3.05, 3.63) is 0 Å². The van der Waals surface area contributed by atoms with Gasteiger partial charge in [0, 0.05) is 6.54 Å². The van der Waals surface area contributed by atoms with Crippen LogP contribution >= 0.6 is 15.9 Å². The number of hydrogen-bond acceptors (Lipinski definition) is 4. The zero-order chi connectivity index (χ0) is 16.3. The molecule has 21 heavy (non-hydrogen) atoms. The number of amides is 1. The molecule has 0 aromatic rings. The molecule has 1 unspecified atom stereocenters. The van der Waals surface area contributed by atoms with Crippen molar-refractivity contribution >= 4 is 28.0 Å². The van der Waals surface area contributed by atoms with E-state index in [2.05, 4.69) is 21.2 Å². The highest BCUT2D eigenvalue weighted by Gasteiger charge is 2.16. The summed E-state index contributed by atoms with van der Waals surface area (Å²) in [5.41, 5.74) is -0.456. The quantitative estimate of drug-likeness (QED) is 0.383. The lowest BCUT2D eigenvalue weighted by Gasteiger charge is -2.19. The summed E-state index contributed by atoms with van der Waals surface area (Å²) in [6, 6.07) is 0. The van der Waals surface area contributed by atoms with E-state index in [0.29, 0.717) is 13.2 Å². The number of alkyl halides is 1. The maximum absolute atomic E-state index is 11.4. The van der Waals surface area contributed by atoms with Crippen molar-refractivity contribution in [3.8, 4) is 0 Å². The second-order valence-corrected chi connectivity index (χ2v) is 6.96. The maximum Gasteiger partial charge on any atom is 0.407 e. The van der Waals surface area contributed by atoms with Gasteiger partial charge in [0.25, 0.3) is 0 Å². The summed E-state index contributed by atoms with van der Waals surface area (Å²) in [4.78, 5) is 22.5. The lowest BCUT2D eigenvalue weighted by atomic mass is 10.1. The van der Waals surface area contributed by atoms with Gasteiger partial charge in [-0.3, -0.25) is 4.79 Å². The highest BCUT2D eigenvalue weighted by atomic mass is 79.9. The first-order valence-corrected chi connectivity index (χ1v) is 8.45. The Morgan fingerprint density at radius 3 is 2.33 bits per heavy atom. The van der Waals surface area contributed by atoms with Crippen LogP contribution in [0.3, 0.4) is 0 Å². The molecule has 6 heteroatoms. The van der Waals surface area contributed by atoms with Crippen LogP contribution in [0.5, 0.6) is 0 Å². The molecule has 0 aliphatic rings. The van der Waals surface area contributed by atoms with Crippen molar-refractivity contribution in [1.82, 2.24) is 5.32 Å². The minimum atomic E-state index is -0.456. The minimum absolute atomic E-state index is 0.191. The summed E-state index contributed by atoms with van der Waals surface area (Å²) in [5, 5.41) is 2.73. The van der Waals surface area contributed by atoms with E-state index in [0.717, 1.165) is 32.1 Å². The van der Waals surface area contributed by atoms with Crippen molar-refractivity contribution in [2.75, 3.05) is 13.2 Å². The summed E-state index contributed by atoms with van der Waals surface area (Å²) in [5.74, 6) is -0.191. The van der Waals surface area contributed by atoms with E-state index in [-0.39, 0.29) is 16.9 Å². The Morgan fingerprint density at radius 1 is 1.14 bits per heavy atom. The number of halogens is 1. The molecular formula is C15H28BrNO4. The zero-order valence-corrected chi connectivity index (χ0v) is 15.1. The third kappa shape index (κ3) is 12.7. The van der Waals surface area contributed by atoms with Gasteiger partial charge in [0.15, 0.2) is 0 Å². The van der Waals surface area contributed by atoms with Crippen molar-refractivity contribution in [3.63, 3.8) is 0 Å². The second kappa shape index (κ2) is 10.9. The van der Waals surface area contributed by atoms with Crippen molar-refractivity contribution in [2.24, 2.45) is 0 Å². The number of hydrogen-bond donors (Lipinski definition) is 1. The molecule has 0 aliphatic carbocycles. The smallest absolute Gasteiger partial charge is 0.407 e. The first-order chi connectivity index (χ1) is 9.76. The number of ether oxygens (including phenoxy) is 2. The molecule has 0 aromatic heterocycles. The van der Waals surface area contributed by atoms with Crippen molar-refractivity contribution in [1.29, 1.82) is 0 Å². The third-order valence-corrected chi connectivity index (χ3v) is 3.43. The molecule has 0 rings (SSSR count). The first kappa shape index (κ1) is 20.2. The van der Waals surface area contributed by atoms with Gasteiger partial charge in [-0.05, 0) is 40.5 Å². The SMILES string of the molecule is CCOC(=O)C(Br)CCCCCCNC(=O)OC(C)(C)C. The third-order valence-electron chi connectivity index (χ3n) is 2.59. The zero-order valence-electron chi connectivity index (χ0n) is 13.5. The van der Waals surface area contributed by atoms with Gasteiger partial charge in [-0.15, -0.1) is 0 Å². The molecule has 0 spiro atoms. The molecule has 0 aromatic carbocycles. The Bertz CT molecular complexity index is 315. The highest BCUT2D eigenvalue weighted by molar-refractivity contribution is 9.10. The fourth-order valence-corrected chi connectivity index (χ4v) is 2.11. The highest BCUT2D eigenvalue weighted by Crippen LogP contribution is 2.13. The van der Waals surface area contributed by atoms with Crippen LogP contribution in [0.4, 0.5) is 4.79 Å². The van der Waals surface area contributed by atoms with Crippen LogP contribution < -0.4 is 5.32 Å². The molecule has 0 saturated carbocycles. The summed E-state index contributed by atoms with van der Waals surface area (Å²) in [7, 11) is 0. The maximum atomic E-state index is 11.4. The number of carbonyl (C=O) groups excluding carboxylic acids is 2. The predicted octanol–water partition coefficient (Wildman–Crippen LogP) is 3.79. The molecule has 5 nitrogen and oxygen atoms in total. The predicted molar refractivity (Wildman–Crippen MR) is 86.7 cm³/mol. The van der Waals surface area contributed by atoms with Gasteiger partial charge in [-0.2, -0.15) is 0 Å². The number of alkyl carbamates (subject to hydrolysis) is 1. The number of rotatable bonds is 9. The van der Waals surface area contributed by atoms with Crippen LogP contribution in [-0.4, -0.2) is 35.6 Å². The molecule has 0 saturated heterocycles. The van der Waals surface area contributed by atoms with E-state index in [1.165, 1.54) is 0 Å². The summed E-state index contributed by atoms with van der Waals surface area (Å²) >= 11 is 3.33. The fraction of sp³-hybridized carbons (Fsp3) is 0.867. The average Bonchev–Trinajstić information content (AvgIpc) is 2.35. The monoisotopic (exact) mass is 365 g/mol. The molecule has 0 fully saturated rings. The summed E-state index contributed by atoms with van der Waals surface area (Å²) in [6.07, 6.45) is 4.31. The number of unbranched alkanes of at least 4 members (excludes halogenated alkanes) is 3. The van der Waals surface area contributed by atoms with Gasteiger partial charge in [0.2, 0.25) is 0 Å². The molecule has 0 bridgehead atoms. The molecule has 0 radical (unpaired) electrons. The van der Waals surface area contributed by atoms with Gasteiger partial charge >= 0.3 is 12.1 Å². The van der Waals surface area contributed by atoms with Crippen LogP contribution in [0.1, 0.15) is 59.8 Å². The number of carbonyl (C=O) groups is 2. The van der Waals surface area contributed by atoms with Gasteiger partial charge in [-0.1, -0.05) is 35.2 Å². The minimum Gasteiger partial charge on any atom is -0.465 e. The Morgan fingerprint density at radius 2 is 1.76 bits per heavy atom. The molecule has 0 aliphatic heterocycles. The summed E-state index contributed by atoms with van der Waals surface area (Å²) in [6.45, 7) is 8.35. The fourth-order valence-electron chi connectivity index (χ4n) is 1.66. The van der Waals surface area contributed by atoms with Crippen molar-refractivity contribution in [2.45, 2.75) is 70.2 Å². The van der Waals surface area contributed by atoms with Crippen LogP contribution in [0.15, 0.2) is 0 Å². The Labute approximate surface area is 136 Å². The van der Waals surface area contributed by atoms with Crippen LogP contribution in [0.25, 0.3) is 0 Å². The second-order valence-electron chi connectivity index (χ2n) is 5.85. The standard InChI is InChI=1S/C15H28BrNO4/c1-5-20-13(18)12(16)10-8-6-7-9-11-17-14(19)21-15(2,3)4/h12H,5-11H2,1-4H3,(H,17,19). The lowest BCUT2D eigenvalue weighted by Crippen LogP contribution is -2.32. The number of nitrogens with one attached hydrogen (secondary N) is 1. The van der Waals surface area contributed by atoms with E-state index in [1.807, 2.05) is 20.8 Å². The summed E-state index contributed by atoms with van der Waals surface area (Å²) < 4.78 is 10.1. The topological polar surface area (TPSA) is 64.6 Å². The average molecular weight is 366 g/mol. The van der Waals surface area contributed by atoms with E-state index >= 15 is 0 Å². The van der Waals surface area contributed by atoms with Crippen molar-refractivity contribution < 1.29 is 19.1 Å². The molecule has 1 N–H and O–H groups in total. The van der Waals surface area contributed by atoms with Gasteiger partial charge in [0.05, 0.1) is 6.61 Å². The Hall–Kier alpha value is -0.780. The largest absolute Gasteiger partial charge is 0.465 e. The van der Waals surface area contributed by atoms with E-state index in [9.17, 15) is 9.59 Å². The molecular weight excluding hydrogens is 338 g/mol. The molecule has 1 atom stereocenters. The Kier molecular flexibility index (Phi) is 10.5. The van der Waals surface area contributed by atoms with Crippen LogP contribution in [0.2, 0.25) is 0 Å². The van der Waals surface area contributed by atoms with Gasteiger partial charge < -0.3 is 14.8 Å². The molecule has 0 heterocycles. The van der Waals surface area contributed by atoms with E-state index < -0.39 is 5.60 Å². The van der Waals surface area contributed by atoms with E-state index in [1.54, 1.807) is 6.92 Å². The molecule has 124 valence electrons. The van der Waals surface area contributed by atoms with Gasteiger partial charge in [0.1, 0.15) is 10.4 Å². The number of esters is 1. The Balaban J connectivity index is 3.48. The van der Waals surface area contributed by atoms with Crippen LogP contribution in [-0.2, 0) is 14.3 Å². The van der Waals surface area contributed by atoms with Crippen LogP contribution in [0, 0.1) is 0 Å². The van der Waals surface area contributed by atoms with E-state index in [4.69, 9.17) is 9.47 Å². The molecule has 1 amide bonds.